The molecule has 2 aliphatic rings. The van der Waals surface area contributed by atoms with Gasteiger partial charge in [0, 0.05) is 25.2 Å². The maximum absolute atomic E-state index is 13.0. The summed E-state index contributed by atoms with van der Waals surface area (Å²) < 4.78 is 33.1. The van der Waals surface area contributed by atoms with Crippen LogP contribution < -0.4 is 5.32 Å². The molecule has 2 aliphatic heterocycles. The molecule has 1 saturated heterocycles. The molecule has 1 amide bonds. The van der Waals surface area contributed by atoms with E-state index in [1.807, 2.05) is 20.8 Å². The molecule has 0 radical (unpaired) electrons. The van der Waals surface area contributed by atoms with Crippen LogP contribution in [0.4, 0.5) is 0 Å². The largest absolute Gasteiger partial charge is 0.370 e. The zero-order valence-electron chi connectivity index (χ0n) is 13.6. The Labute approximate surface area is 136 Å². The zero-order valence-corrected chi connectivity index (χ0v) is 14.4. The highest BCUT2D eigenvalue weighted by molar-refractivity contribution is 7.89. The number of amides is 1. The van der Waals surface area contributed by atoms with Crippen molar-refractivity contribution in [1.82, 2.24) is 9.62 Å². The summed E-state index contributed by atoms with van der Waals surface area (Å²) in [6, 6.07) is 4.84. The first-order valence-electron chi connectivity index (χ1n) is 7.78. The quantitative estimate of drug-likeness (QED) is 0.878. The van der Waals surface area contributed by atoms with Crippen molar-refractivity contribution in [2.45, 2.75) is 43.8 Å². The number of benzene rings is 1. The number of hydrogen-bond donors (Lipinski definition) is 1. The summed E-state index contributed by atoms with van der Waals surface area (Å²) in [5.41, 5.74) is 0.817. The van der Waals surface area contributed by atoms with Gasteiger partial charge in [-0.25, -0.2) is 8.42 Å². The van der Waals surface area contributed by atoms with Gasteiger partial charge in [0.05, 0.1) is 16.6 Å². The van der Waals surface area contributed by atoms with Gasteiger partial charge in [-0.2, -0.15) is 4.31 Å². The Hall–Kier alpha value is -1.44. The van der Waals surface area contributed by atoms with Crippen molar-refractivity contribution in [1.29, 1.82) is 0 Å². The predicted octanol–water partition coefficient (Wildman–Crippen LogP) is 1.16. The summed E-state index contributed by atoms with van der Waals surface area (Å²) >= 11 is 0. The number of nitrogens with one attached hydrogen (secondary N) is 1. The zero-order chi connectivity index (χ0) is 16.8. The van der Waals surface area contributed by atoms with Gasteiger partial charge < -0.3 is 10.1 Å². The molecule has 0 aliphatic carbocycles. The van der Waals surface area contributed by atoms with Crippen molar-refractivity contribution in [2.24, 2.45) is 0 Å². The fourth-order valence-electron chi connectivity index (χ4n) is 3.28. The Kier molecular flexibility index (Phi) is 3.98. The number of nitrogens with zero attached hydrogens (tertiary/aromatic N) is 1. The number of carbonyl (C=O) groups is 1. The second-order valence-electron chi connectivity index (χ2n) is 6.81. The normalized spacial score (nSPS) is 24.8. The van der Waals surface area contributed by atoms with Crippen LogP contribution in [0.5, 0.6) is 0 Å². The van der Waals surface area contributed by atoms with Crippen LogP contribution in [0.15, 0.2) is 23.1 Å². The average molecular weight is 338 g/mol. The van der Waals surface area contributed by atoms with E-state index < -0.39 is 15.6 Å². The summed E-state index contributed by atoms with van der Waals surface area (Å²) in [5, 5.41) is 2.75. The molecule has 1 aromatic carbocycles. The molecule has 23 heavy (non-hydrogen) atoms. The van der Waals surface area contributed by atoms with E-state index >= 15 is 0 Å². The van der Waals surface area contributed by atoms with E-state index in [1.165, 1.54) is 10.4 Å². The molecule has 1 N–H and O–H groups in total. The Morgan fingerprint density at radius 3 is 2.78 bits per heavy atom. The van der Waals surface area contributed by atoms with Crippen molar-refractivity contribution in [3.05, 3.63) is 29.3 Å². The Morgan fingerprint density at radius 1 is 1.35 bits per heavy atom. The first-order valence-corrected chi connectivity index (χ1v) is 9.22. The van der Waals surface area contributed by atoms with Crippen LogP contribution >= 0.6 is 0 Å². The lowest BCUT2D eigenvalue weighted by Gasteiger charge is -2.40. The van der Waals surface area contributed by atoms with Crippen molar-refractivity contribution in [3.63, 3.8) is 0 Å². The van der Waals surface area contributed by atoms with Crippen LogP contribution in [0.1, 0.15) is 36.7 Å². The van der Waals surface area contributed by atoms with E-state index in [9.17, 15) is 13.2 Å². The molecule has 3 rings (SSSR count). The first-order chi connectivity index (χ1) is 10.7. The predicted molar refractivity (Wildman–Crippen MR) is 85.9 cm³/mol. The van der Waals surface area contributed by atoms with E-state index in [0.717, 1.165) is 12.0 Å². The third kappa shape index (κ3) is 3.13. The van der Waals surface area contributed by atoms with E-state index in [2.05, 4.69) is 5.32 Å². The molecular weight excluding hydrogens is 316 g/mol. The highest BCUT2D eigenvalue weighted by Crippen LogP contribution is 2.28. The molecule has 0 saturated carbocycles. The molecule has 126 valence electrons. The molecule has 6 nitrogen and oxygen atoms in total. The maximum Gasteiger partial charge on any atom is 0.251 e. The number of carbonyl (C=O) groups excluding carboxylic acids is 1. The van der Waals surface area contributed by atoms with Crippen molar-refractivity contribution < 1.29 is 17.9 Å². The summed E-state index contributed by atoms with van der Waals surface area (Å²) in [6.45, 7) is 6.83. The Balaban J connectivity index is 1.97. The summed E-state index contributed by atoms with van der Waals surface area (Å²) in [7, 11) is -3.65. The lowest BCUT2D eigenvalue weighted by Crippen LogP contribution is -2.53. The monoisotopic (exact) mass is 338 g/mol. The van der Waals surface area contributed by atoms with E-state index in [-0.39, 0.29) is 16.9 Å². The van der Waals surface area contributed by atoms with Gasteiger partial charge in [0.25, 0.3) is 5.91 Å². The molecule has 0 spiro atoms. The molecule has 1 unspecified atom stereocenters. The van der Waals surface area contributed by atoms with Gasteiger partial charge in [-0.1, -0.05) is 6.07 Å². The second-order valence-corrected chi connectivity index (χ2v) is 8.75. The summed E-state index contributed by atoms with van der Waals surface area (Å²) in [5.74, 6) is -0.209. The van der Waals surface area contributed by atoms with Gasteiger partial charge in [-0.3, -0.25) is 4.79 Å². The summed E-state index contributed by atoms with van der Waals surface area (Å²) in [4.78, 5) is 12.1. The Morgan fingerprint density at radius 2 is 2.09 bits per heavy atom. The number of fused-ring (bicyclic) bond motifs is 1. The van der Waals surface area contributed by atoms with Gasteiger partial charge in [0.15, 0.2) is 0 Å². The lowest BCUT2D eigenvalue weighted by atomic mass is 10.0. The van der Waals surface area contributed by atoms with Crippen molar-refractivity contribution in [2.75, 3.05) is 19.6 Å². The van der Waals surface area contributed by atoms with Crippen molar-refractivity contribution in [3.8, 4) is 0 Å². The topological polar surface area (TPSA) is 75.7 Å². The minimum atomic E-state index is -3.65. The third-order valence-electron chi connectivity index (χ3n) is 4.18. The first kappa shape index (κ1) is 16.4. The second kappa shape index (κ2) is 5.58. The van der Waals surface area contributed by atoms with E-state index in [4.69, 9.17) is 4.74 Å². The smallest absolute Gasteiger partial charge is 0.251 e. The minimum absolute atomic E-state index is 0.165. The standard InChI is InChI=1S/C16H22N2O4S/c1-11-9-18(10-16(2,3)22-11)23(20,21)13-5-4-12-6-7-17-15(19)14(12)8-13/h4-5,8,11H,6-7,9-10H2,1-3H3,(H,17,19). The molecule has 1 atom stereocenters. The number of sulfonamides is 1. The molecule has 1 aromatic rings. The van der Waals surface area contributed by atoms with Crippen LogP contribution in [-0.4, -0.2) is 50.0 Å². The van der Waals surface area contributed by atoms with E-state index in [0.29, 0.717) is 25.2 Å². The lowest BCUT2D eigenvalue weighted by molar-refractivity contribution is -0.109. The molecule has 0 bridgehead atoms. The van der Waals surface area contributed by atoms with Crippen molar-refractivity contribution >= 4 is 15.9 Å². The minimum Gasteiger partial charge on any atom is -0.370 e. The van der Waals surface area contributed by atoms with Gasteiger partial charge in [-0.05, 0) is 44.9 Å². The van der Waals surface area contributed by atoms with Gasteiger partial charge in [-0.15, -0.1) is 0 Å². The van der Waals surface area contributed by atoms with Crippen LogP contribution in [0.3, 0.4) is 0 Å². The fourth-order valence-corrected chi connectivity index (χ4v) is 4.97. The molecular formula is C16H22N2O4S. The number of ether oxygens (including phenoxy) is 1. The fraction of sp³-hybridized carbons (Fsp3) is 0.562. The maximum atomic E-state index is 13.0. The van der Waals surface area contributed by atoms with Crippen LogP contribution in [0.2, 0.25) is 0 Å². The van der Waals surface area contributed by atoms with Gasteiger partial charge >= 0.3 is 0 Å². The Bertz CT molecular complexity index is 742. The number of hydrogen-bond acceptors (Lipinski definition) is 4. The average Bonchev–Trinajstić information content (AvgIpc) is 2.45. The highest BCUT2D eigenvalue weighted by Gasteiger charge is 2.38. The SMILES string of the molecule is CC1CN(S(=O)(=O)c2ccc3c(c2)C(=O)NCC3)CC(C)(C)O1. The number of morpholine rings is 1. The van der Waals surface area contributed by atoms with Crippen LogP contribution in [0, 0.1) is 0 Å². The van der Waals surface area contributed by atoms with Gasteiger partial charge in [0.2, 0.25) is 10.0 Å². The molecule has 0 aromatic heterocycles. The van der Waals surface area contributed by atoms with Crippen LogP contribution in [0.25, 0.3) is 0 Å². The molecule has 1 fully saturated rings. The number of rotatable bonds is 2. The van der Waals surface area contributed by atoms with E-state index in [1.54, 1.807) is 12.1 Å². The third-order valence-corrected chi connectivity index (χ3v) is 5.99. The molecule has 2 heterocycles. The van der Waals surface area contributed by atoms with Crippen LogP contribution in [-0.2, 0) is 21.2 Å². The molecule has 7 heteroatoms. The van der Waals surface area contributed by atoms with Gasteiger partial charge in [0.1, 0.15) is 0 Å². The summed E-state index contributed by atoms with van der Waals surface area (Å²) in [6.07, 6.45) is 0.553. The highest BCUT2D eigenvalue weighted by atomic mass is 32.2.